The molecule has 2 aromatic rings. The Labute approximate surface area is 151 Å². The lowest BCUT2D eigenvalue weighted by atomic mass is 10.1. The Kier molecular flexibility index (Phi) is 12.5. The van der Waals surface area contributed by atoms with Crippen LogP contribution in [0.4, 0.5) is 5.69 Å². The third kappa shape index (κ3) is 7.14. The number of nitrogens with zero attached hydrogens (tertiary/aromatic N) is 2. The zero-order valence-corrected chi connectivity index (χ0v) is 16.5. The molecule has 1 aromatic heterocycles. The Morgan fingerprint density at radius 2 is 2.04 bits per heavy atom. The SMILES string of the molecule is C=CCC(CCCC)Nc1ccc2sc(C#N)nc2c1.CC.CC. The number of unbranched alkanes of at least 4 members (excludes halogenated alkanes) is 1. The third-order valence-corrected chi connectivity index (χ3v) is 4.15. The van der Waals surface area contributed by atoms with Crippen LogP contribution in [0.2, 0.25) is 0 Å². The van der Waals surface area contributed by atoms with Gasteiger partial charge in [-0.2, -0.15) is 5.26 Å². The first kappa shape index (κ1) is 22.1. The van der Waals surface area contributed by atoms with Crippen LogP contribution in [0.25, 0.3) is 10.2 Å². The molecule has 0 saturated carbocycles. The minimum Gasteiger partial charge on any atom is -0.382 e. The number of anilines is 1. The van der Waals surface area contributed by atoms with Gasteiger partial charge in [0.15, 0.2) is 5.01 Å². The van der Waals surface area contributed by atoms with E-state index in [2.05, 4.69) is 35.9 Å². The highest BCUT2D eigenvalue weighted by molar-refractivity contribution is 7.19. The molecule has 3 nitrogen and oxygen atoms in total. The second-order valence-corrected chi connectivity index (χ2v) is 5.85. The number of hydrogen-bond donors (Lipinski definition) is 1. The molecule has 1 atom stereocenters. The van der Waals surface area contributed by atoms with Crippen LogP contribution in [0.5, 0.6) is 0 Å². The Hall–Kier alpha value is -1.86. The van der Waals surface area contributed by atoms with E-state index in [-0.39, 0.29) is 0 Å². The fourth-order valence-electron chi connectivity index (χ4n) is 2.20. The molecule has 0 radical (unpaired) electrons. The number of hydrogen-bond acceptors (Lipinski definition) is 4. The molecule has 0 aliphatic carbocycles. The van der Waals surface area contributed by atoms with E-state index in [1.807, 2.05) is 45.9 Å². The highest BCUT2D eigenvalue weighted by Crippen LogP contribution is 2.25. The number of fused-ring (bicyclic) bond motifs is 1. The van der Waals surface area contributed by atoms with Crippen LogP contribution < -0.4 is 5.32 Å². The molecule has 1 N–H and O–H groups in total. The highest BCUT2D eigenvalue weighted by Gasteiger charge is 2.08. The Bertz CT molecular complexity index is 625. The monoisotopic (exact) mass is 345 g/mol. The third-order valence-electron chi connectivity index (χ3n) is 3.21. The van der Waals surface area contributed by atoms with Gasteiger partial charge in [-0.05, 0) is 31.0 Å². The molecule has 132 valence electrons. The van der Waals surface area contributed by atoms with Gasteiger partial charge in [-0.25, -0.2) is 4.98 Å². The van der Waals surface area contributed by atoms with Gasteiger partial charge in [-0.3, -0.25) is 0 Å². The smallest absolute Gasteiger partial charge is 0.195 e. The van der Waals surface area contributed by atoms with Crippen LogP contribution in [0, 0.1) is 11.3 Å². The topological polar surface area (TPSA) is 48.7 Å². The minimum atomic E-state index is 0.416. The summed E-state index contributed by atoms with van der Waals surface area (Å²) in [4.78, 5) is 4.30. The van der Waals surface area contributed by atoms with Crippen molar-refractivity contribution in [3.63, 3.8) is 0 Å². The molecule has 0 saturated heterocycles. The van der Waals surface area contributed by atoms with Crippen LogP contribution in [-0.2, 0) is 0 Å². The summed E-state index contributed by atoms with van der Waals surface area (Å²) in [6.45, 7) is 14.0. The zero-order valence-electron chi connectivity index (χ0n) is 15.7. The van der Waals surface area contributed by atoms with E-state index >= 15 is 0 Å². The molecule has 0 fully saturated rings. The van der Waals surface area contributed by atoms with Crippen LogP contribution in [0.15, 0.2) is 30.9 Å². The summed E-state index contributed by atoms with van der Waals surface area (Å²) in [5.41, 5.74) is 1.96. The van der Waals surface area contributed by atoms with Crippen LogP contribution in [0.1, 0.15) is 65.3 Å². The molecule has 0 amide bonds. The van der Waals surface area contributed by atoms with E-state index in [0.29, 0.717) is 11.0 Å². The lowest BCUT2D eigenvalue weighted by Gasteiger charge is -2.18. The first-order valence-electron chi connectivity index (χ1n) is 8.95. The van der Waals surface area contributed by atoms with Gasteiger partial charge in [0, 0.05) is 11.7 Å². The molecule has 24 heavy (non-hydrogen) atoms. The Morgan fingerprint density at radius 1 is 1.33 bits per heavy atom. The molecule has 2 rings (SSSR count). The first-order chi connectivity index (χ1) is 11.8. The summed E-state index contributed by atoms with van der Waals surface area (Å²) in [6, 6.07) is 8.62. The lowest BCUT2D eigenvalue weighted by Crippen LogP contribution is -2.18. The number of thiazole rings is 1. The lowest BCUT2D eigenvalue weighted by molar-refractivity contribution is 0.613. The standard InChI is InChI=1S/C16H19N3S.2C2H6/c1-3-5-7-12(6-4-2)18-13-8-9-15-14(10-13)19-16(11-17)20-15;2*1-2/h4,8-10,12,18H,2-3,5-7H2,1H3;2*1-2H3. The van der Waals surface area contributed by atoms with Gasteiger partial charge in [0.25, 0.3) is 0 Å². The molecule has 1 aromatic carbocycles. The summed E-state index contributed by atoms with van der Waals surface area (Å²) < 4.78 is 1.06. The first-order valence-corrected chi connectivity index (χ1v) is 9.76. The molecule has 0 aliphatic rings. The summed E-state index contributed by atoms with van der Waals surface area (Å²) >= 11 is 1.43. The van der Waals surface area contributed by atoms with E-state index in [0.717, 1.165) is 28.7 Å². The van der Waals surface area contributed by atoms with Crippen molar-refractivity contribution in [2.75, 3.05) is 5.32 Å². The predicted molar refractivity (Wildman–Crippen MR) is 109 cm³/mol. The van der Waals surface area contributed by atoms with Crippen molar-refractivity contribution in [3.8, 4) is 6.07 Å². The number of benzene rings is 1. The van der Waals surface area contributed by atoms with Crippen molar-refractivity contribution in [2.24, 2.45) is 0 Å². The highest BCUT2D eigenvalue weighted by atomic mass is 32.1. The van der Waals surface area contributed by atoms with Gasteiger partial charge >= 0.3 is 0 Å². The van der Waals surface area contributed by atoms with Crippen molar-refractivity contribution in [3.05, 3.63) is 35.9 Å². The molecule has 0 bridgehead atoms. The number of nitrogens with one attached hydrogen (secondary N) is 1. The normalized spacial score (nSPS) is 10.5. The van der Waals surface area contributed by atoms with Gasteiger partial charge in [0.2, 0.25) is 0 Å². The van der Waals surface area contributed by atoms with Crippen molar-refractivity contribution in [2.45, 2.75) is 66.3 Å². The average molecular weight is 346 g/mol. The Morgan fingerprint density at radius 3 is 2.62 bits per heavy atom. The molecule has 4 heteroatoms. The second-order valence-electron chi connectivity index (χ2n) is 4.82. The van der Waals surface area contributed by atoms with E-state index in [1.54, 1.807) is 0 Å². The molecule has 1 heterocycles. The van der Waals surface area contributed by atoms with E-state index in [1.165, 1.54) is 24.2 Å². The van der Waals surface area contributed by atoms with E-state index in [9.17, 15) is 0 Å². The zero-order chi connectivity index (χ0) is 18.4. The Balaban J connectivity index is 0.00000123. The maximum Gasteiger partial charge on any atom is 0.195 e. The van der Waals surface area contributed by atoms with Gasteiger partial charge in [0.05, 0.1) is 10.2 Å². The summed E-state index contributed by atoms with van der Waals surface area (Å²) in [7, 11) is 0. The van der Waals surface area contributed by atoms with Crippen LogP contribution >= 0.6 is 11.3 Å². The van der Waals surface area contributed by atoms with Crippen molar-refractivity contribution in [1.82, 2.24) is 4.98 Å². The minimum absolute atomic E-state index is 0.416. The maximum absolute atomic E-state index is 8.89. The summed E-state index contributed by atoms with van der Waals surface area (Å²) in [5, 5.41) is 13.0. The van der Waals surface area contributed by atoms with E-state index < -0.39 is 0 Å². The largest absolute Gasteiger partial charge is 0.382 e. The van der Waals surface area contributed by atoms with E-state index in [4.69, 9.17) is 5.26 Å². The fourth-order valence-corrected chi connectivity index (χ4v) is 2.94. The van der Waals surface area contributed by atoms with Gasteiger partial charge in [0.1, 0.15) is 6.07 Å². The maximum atomic E-state index is 8.89. The van der Waals surface area contributed by atoms with Crippen molar-refractivity contribution >= 4 is 27.2 Å². The second kappa shape index (κ2) is 13.6. The van der Waals surface area contributed by atoms with Gasteiger partial charge in [-0.15, -0.1) is 17.9 Å². The number of rotatable bonds is 7. The predicted octanol–water partition coefficient (Wildman–Crippen LogP) is 6.77. The number of nitriles is 1. The molecule has 1 unspecified atom stereocenters. The molecule has 0 spiro atoms. The van der Waals surface area contributed by atoms with Crippen molar-refractivity contribution < 1.29 is 0 Å². The fraction of sp³-hybridized carbons (Fsp3) is 0.500. The average Bonchev–Trinajstić information content (AvgIpc) is 3.06. The quantitative estimate of drug-likeness (QED) is 0.563. The number of aromatic nitrogens is 1. The van der Waals surface area contributed by atoms with Crippen molar-refractivity contribution in [1.29, 1.82) is 5.26 Å². The molecular formula is C20H31N3S. The van der Waals surface area contributed by atoms with Gasteiger partial charge < -0.3 is 5.32 Å². The molecule has 0 aliphatic heterocycles. The van der Waals surface area contributed by atoms with Crippen LogP contribution in [0.3, 0.4) is 0 Å². The van der Waals surface area contributed by atoms with Gasteiger partial charge in [-0.1, -0.05) is 53.5 Å². The summed E-state index contributed by atoms with van der Waals surface area (Å²) in [5.74, 6) is 0. The van der Waals surface area contributed by atoms with Crippen LogP contribution in [-0.4, -0.2) is 11.0 Å². The summed E-state index contributed by atoms with van der Waals surface area (Å²) in [6.07, 6.45) is 6.47. The molecular weight excluding hydrogens is 314 g/mol.